The number of carbonyl (C=O) groups is 4. The lowest BCUT2D eigenvalue weighted by Gasteiger charge is -2.30. The van der Waals surface area contributed by atoms with E-state index in [1.165, 1.54) is 16.2 Å². The summed E-state index contributed by atoms with van der Waals surface area (Å²) in [5.41, 5.74) is 10.6. The average molecular weight is 645 g/mol. The van der Waals surface area contributed by atoms with Crippen LogP contribution in [0.4, 0.5) is 4.79 Å². The predicted molar refractivity (Wildman–Crippen MR) is 172 cm³/mol. The molecule has 2 aromatic rings. The van der Waals surface area contributed by atoms with Crippen LogP contribution in [-0.2, 0) is 14.3 Å². The van der Waals surface area contributed by atoms with Crippen LogP contribution in [0, 0.1) is 10.8 Å². The lowest BCUT2D eigenvalue weighted by molar-refractivity contribution is -0.140. The maximum Gasteiger partial charge on any atom is 0.408 e. The molecule has 1 saturated heterocycles. The van der Waals surface area contributed by atoms with Gasteiger partial charge in [-0.25, -0.2) is 9.78 Å². The molecule has 1 aliphatic rings. The summed E-state index contributed by atoms with van der Waals surface area (Å²) in [6, 6.07) is 4.62. The van der Waals surface area contributed by atoms with Crippen molar-refractivity contribution in [1.82, 2.24) is 31.2 Å². The number of thiazole rings is 1. The van der Waals surface area contributed by atoms with Gasteiger partial charge >= 0.3 is 6.09 Å². The van der Waals surface area contributed by atoms with E-state index in [2.05, 4.69) is 26.3 Å². The molecule has 0 unspecified atom stereocenters. The normalized spacial score (nSPS) is 16.0. The van der Waals surface area contributed by atoms with Crippen molar-refractivity contribution in [2.24, 2.45) is 11.5 Å². The van der Waals surface area contributed by atoms with E-state index in [0.29, 0.717) is 50.8 Å². The molecule has 3 rings (SSSR count). The Labute approximate surface area is 266 Å². The number of aromatic nitrogens is 1. The van der Waals surface area contributed by atoms with Gasteiger partial charge in [0, 0.05) is 19.6 Å². The van der Waals surface area contributed by atoms with Crippen molar-refractivity contribution in [3.05, 3.63) is 29.3 Å². The zero-order valence-electron chi connectivity index (χ0n) is 25.9. The third kappa shape index (κ3) is 10.9. The number of hydrogen-bond acceptors (Lipinski definition) is 9. The molecule has 3 atom stereocenters. The summed E-state index contributed by atoms with van der Waals surface area (Å²) in [7, 11) is 0. The van der Waals surface area contributed by atoms with Gasteiger partial charge in [-0.15, -0.1) is 11.3 Å². The van der Waals surface area contributed by atoms with E-state index in [-0.39, 0.29) is 35.6 Å². The highest BCUT2D eigenvalue weighted by molar-refractivity contribution is 7.20. The molecule has 45 heavy (non-hydrogen) atoms. The van der Waals surface area contributed by atoms with E-state index in [1.807, 2.05) is 24.3 Å². The fourth-order valence-electron chi connectivity index (χ4n) is 4.93. The van der Waals surface area contributed by atoms with E-state index < -0.39 is 41.6 Å². The number of rotatable bonds is 14. The highest BCUT2D eigenvalue weighted by atomic mass is 32.1. The zero-order valence-corrected chi connectivity index (χ0v) is 26.7. The lowest BCUT2D eigenvalue weighted by atomic mass is 10.0. The number of ketones is 1. The first-order valence-corrected chi connectivity index (χ1v) is 15.7. The van der Waals surface area contributed by atoms with Crippen molar-refractivity contribution in [2.75, 3.05) is 19.6 Å². The van der Waals surface area contributed by atoms with Crippen LogP contribution in [0.3, 0.4) is 0 Å². The molecule has 3 amide bonds. The number of likely N-dealkylation sites (tertiary alicyclic amines) is 1. The van der Waals surface area contributed by atoms with Crippen LogP contribution in [0.5, 0.6) is 0 Å². The van der Waals surface area contributed by atoms with Gasteiger partial charge in [-0.05, 0) is 71.4 Å². The Kier molecular flexibility index (Phi) is 12.5. The van der Waals surface area contributed by atoms with E-state index in [1.54, 1.807) is 20.8 Å². The molecule has 0 radical (unpaired) electrons. The molecule has 1 aliphatic heterocycles. The number of alkyl carbamates (subject to hydrolysis) is 1. The van der Waals surface area contributed by atoms with Crippen LogP contribution in [0.1, 0.15) is 69.1 Å². The molecule has 15 nitrogen and oxygen atoms in total. The topological polar surface area (TPSA) is 242 Å². The van der Waals surface area contributed by atoms with Gasteiger partial charge in [0.05, 0.1) is 16.3 Å². The maximum absolute atomic E-state index is 13.8. The summed E-state index contributed by atoms with van der Waals surface area (Å²) >= 11 is 1.24. The van der Waals surface area contributed by atoms with E-state index in [0.717, 1.165) is 4.70 Å². The monoisotopic (exact) mass is 644 g/mol. The summed E-state index contributed by atoms with van der Waals surface area (Å²) < 4.78 is 6.21. The third-order valence-electron chi connectivity index (χ3n) is 6.94. The summed E-state index contributed by atoms with van der Waals surface area (Å²) in [5.74, 6) is -1.66. The minimum atomic E-state index is -0.986. The molecule has 1 aromatic heterocycles. The summed E-state index contributed by atoms with van der Waals surface area (Å²) in [6.45, 7) is 6.08. The minimum Gasteiger partial charge on any atom is -0.444 e. The highest BCUT2D eigenvalue weighted by Crippen LogP contribution is 2.24. The molecule has 246 valence electrons. The Balaban J connectivity index is 1.76. The van der Waals surface area contributed by atoms with Crippen molar-refractivity contribution in [2.45, 2.75) is 83.0 Å². The Hall–Kier alpha value is -4.47. The summed E-state index contributed by atoms with van der Waals surface area (Å²) in [4.78, 5) is 59.6. The van der Waals surface area contributed by atoms with Crippen LogP contribution in [-0.4, -0.2) is 88.9 Å². The van der Waals surface area contributed by atoms with Crippen LogP contribution in [0.25, 0.3) is 10.2 Å². The molecule has 0 spiro atoms. The molecule has 1 fully saturated rings. The predicted octanol–water partition coefficient (Wildman–Crippen LogP) is 1.37. The minimum absolute atomic E-state index is 0.195. The Morgan fingerprint density at radius 1 is 1.02 bits per heavy atom. The van der Waals surface area contributed by atoms with E-state index in [9.17, 15) is 19.2 Å². The van der Waals surface area contributed by atoms with Gasteiger partial charge in [0.2, 0.25) is 17.6 Å². The zero-order chi connectivity index (χ0) is 33.1. The second-order valence-corrected chi connectivity index (χ2v) is 12.8. The van der Waals surface area contributed by atoms with Gasteiger partial charge in [-0.2, -0.15) is 0 Å². The number of nitrogens with zero attached hydrogens (tertiary/aromatic N) is 2. The number of nitrogens with two attached hydrogens (primary N) is 2. The van der Waals surface area contributed by atoms with Gasteiger partial charge in [-0.3, -0.25) is 25.2 Å². The van der Waals surface area contributed by atoms with Crippen LogP contribution >= 0.6 is 11.3 Å². The van der Waals surface area contributed by atoms with Crippen molar-refractivity contribution < 1.29 is 23.9 Å². The number of ether oxygens (including phenoxy) is 1. The molecular weight excluding hydrogens is 600 g/mol. The van der Waals surface area contributed by atoms with Crippen molar-refractivity contribution in [3.63, 3.8) is 0 Å². The number of fused-ring (bicyclic) bond motifs is 1. The lowest BCUT2D eigenvalue weighted by Crippen LogP contribution is -2.55. The van der Waals surface area contributed by atoms with Crippen molar-refractivity contribution >= 4 is 57.2 Å². The Morgan fingerprint density at radius 2 is 1.64 bits per heavy atom. The molecule has 16 heteroatoms. The van der Waals surface area contributed by atoms with E-state index >= 15 is 0 Å². The summed E-state index contributed by atoms with van der Waals surface area (Å²) in [6.07, 6.45) is 1.50. The standard InChI is InChI=1S/C29H44N10O5S/c1-29(2,3)44-28(43)38-19(11-7-15-35-27(32)33)25(42)39-16-8-12-20(39)23(41)36-18(10-6-14-34-26(30)31)22(40)24-37-17-9-4-5-13-21(17)45-24/h4-5,9,13,18-20H,6-8,10-12,14-16H2,1-3H3,(H,36,41)(H,38,43)(H4,30,31,34)(H4,32,33,35)/t18-,19+,20-/m0/s1. The average Bonchev–Trinajstić information content (AvgIpc) is 3.62. The second-order valence-electron chi connectivity index (χ2n) is 11.8. The van der Waals surface area contributed by atoms with Gasteiger partial charge in [0.15, 0.2) is 16.9 Å². The number of Topliss-reactive ketones (excluding diaryl/α,β-unsaturated/α-hetero) is 1. The number of carbonyl (C=O) groups excluding carboxylic acids is 4. The number of guanidine groups is 2. The molecule has 1 aromatic carbocycles. The van der Waals surface area contributed by atoms with Crippen LogP contribution in [0.2, 0.25) is 0 Å². The fourth-order valence-corrected chi connectivity index (χ4v) is 5.89. The maximum atomic E-state index is 13.8. The molecule has 0 aliphatic carbocycles. The third-order valence-corrected chi connectivity index (χ3v) is 7.99. The number of benzene rings is 1. The van der Waals surface area contributed by atoms with Gasteiger partial charge < -0.3 is 42.4 Å². The number of amides is 3. The number of hydrogen-bond donors (Lipinski definition) is 8. The SMILES string of the molecule is CC(C)(C)OC(=O)N[C@H](CCCNC(=N)N)C(=O)N1CCC[C@H]1C(=O)N[C@@H](CCCNC(=N)N)C(=O)c1nc2ccccc2s1. The van der Waals surface area contributed by atoms with E-state index in [4.69, 9.17) is 27.0 Å². The van der Waals surface area contributed by atoms with Crippen LogP contribution in [0.15, 0.2) is 24.3 Å². The fraction of sp³-hybridized carbons (Fsp3) is 0.552. The Morgan fingerprint density at radius 3 is 2.24 bits per heavy atom. The molecule has 2 heterocycles. The highest BCUT2D eigenvalue weighted by Gasteiger charge is 2.39. The molecule has 0 bridgehead atoms. The largest absolute Gasteiger partial charge is 0.444 e. The van der Waals surface area contributed by atoms with Crippen molar-refractivity contribution in [1.29, 1.82) is 10.8 Å². The van der Waals surface area contributed by atoms with Crippen LogP contribution < -0.4 is 32.7 Å². The Bertz CT molecular complexity index is 1360. The van der Waals surface area contributed by atoms with Gasteiger partial charge in [0.1, 0.15) is 17.7 Å². The van der Waals surface area contributed by atoms with Gasteiger partial charge in [-0.1, -0.05) is 12.1 Å². The number of para-hydroxylation sites is 1. The first kappa shape index (κ1) is 35.0. The van der Waals surface area contributed by atoms with Crippen molar-refractivity contribution in [3.8, 4) is 0 Å². The number of nitrogens with one attached hydrogen (secondary N) is 6. The molecular formula is C29H44N10O5S. The first-order valence-electron chi connectivity index (χ1n) is 14.9. The molecule has 0 saturated carbocycles. The molecule has 10 N–H and O–H groups in total. The quantitative estimate of drug-likeness (QED) is 0.0635. The smallest absolute Gasteiger partial charge is 0.408 e. The van der Waals surface area contributed by atoms with Gasteiger partial charge in [0.25, 0.3) is 0 Å². The first-order chi connectivity index (χ1) is 21.2. The second kappa shape index (κ2) is 16.0. The summed E-state index contributed by atoms with van der Waals surface area (Å²) in [5, 5.41) is 25.9.